The molecule has 7 N–H and O–H groups in total. The lowest BCUT2D eigenvalue weighted by Crippen LogP contribution is -2.40. The fourth-order valence-electron chi connectivity index (χ4n) is 2.89. The van der Waals surface area contributed by atoms with E-state index in [4.69, 9.17) is 14.8 Å². The Hall–Kier alpha value is -0.370. The zero-order valence-electron chi connectivity index (χ0n) is 11.6. The average molecular weight is 346 g/mol. The third kappa shape index (κ3) is 5.08. The number of aliphatic hydroxyl groups excluding tert-OH is 6. The van der Waals surface area contributed by atoms with E-state index in [-0.39, 0.29) is 12.8 Å². The highest BCUT2D eigenvalue weighted by molar-refractivity contribution is 7.80. The summed E-state index contributed by atoms with van der Waals surface area (Å²) in [5.41, 5.74) is 0. The molecule has 0 amide bonds. The van der Waals surface area contributed by atoms with Gasteiger partial charge < -0.3 is 30.6 Å². The number of hydrogen-bond acceptors (Lipinski definition) is 9. The lowest BCUT2D eigenvalue weighted by Gasteiger charge is -2.29. The van der Waals surface area contributed by atoms with Gasteiger partial charge >= 0.3 is 10.4 Å². The molecule has 0 spiro atoms. The first-order chi connectivity index (χ1) is 10.1. The maximum Gasteiger partial charge on any atom is 0.397 e. The van der Waals surface area contributed by atoms with Crippen molar-refractivity contribution in [3.05, 3.63) is 0 Å². The van der Waals surface area contributed by atoms with Gasteiger partial charge in [0.25, 0.3) is 0 Å². The average Bonchev–Trinajstić information content (AvgIpc) is 2.69. The molecule has 0 bridgehead atoms. The van der Waals surface area contributed by atoms with Crippen molar-refractivity contribution in [3.8, 4) is 0 Å². The zero-order valence-corrected chi connectivity index (χ0v) is 12.4. The summed E-state index contributed by atoms with van der Waals surface area (Å²) in [4.78, 5) is 0. The van der Waals surface area contributed by atoms with Crippen LogP contribution in [0.3, 0.4) is 0 Å². The maximum atomic E-state index is 10.6. The van der Waals surface area contributed by atoms with Gasteiger partial charge in [-0.15, -0.1) is 0 Å². The minimum atomic E-state index is -4.88. The fraction of sp³-hybridized carbons (Fsp3) is 1.00. The van der Waals surface area contributed by atoms with Gasteiger partial charge in [-0.05, 0) is 18.8 Å². The van der Waals surface area contributed by atoms with E-state index in [1.165, 1.54) is 0 Å². The molecule has 132 valence electrons. The molecule has 1 aliphatic carbocycles. The van der Waals surface area contributed by atoms with Crippen LogP contribution in [-0.4, -0.2) is 87.3 Å². The molecular formula is C11H22O10S. The predicted octanol–water partition coefficient (Wildman–Crippen LogP) is -3.37. The predicted molar refractivity (Wildman–Crippen MR) is 70.8 cm³/mol. The Morgan fingerprint density at radius 3 is 2.18 bits per heavy atom. The second-order valence-corrected chi connectivity index (χ2v) is 6.48. The molecule has 0 aliphatic heterocycles. The quantitative estimate of drug-likeness (QED) is 0.219. The van der Waals surface area contributed by atoms with Gasteiger partial charge in [0.05, 0.1) is 37.6 Å². The van der Waals surface area contributed by atoms with Crippen molar-refractivity contribution in [2.24, 2.45) is 11.8 Å². The van der Waals surface area contributed by atoms with Gasteiger partial charge in [0, 0.05) is 5.92 Å². The third-order valence-electron chi connectivity index (χ3n) is 3.91. The molecule has 0 aromatic heterocycles. The molecule has 1 saturated carbocycles. The molecule has 1 rings (SSSR count). The molecule has 0 heterocycles. The summed E-state index contributed by atoms with van der Waals surface area (Å²) >= 11 is 0. The van der Waals surface area contributed by atoms with E-state index in [1.54, 1.807) is 0 Å². The van der Waals surface area contributed by atoms with Crippen LogP contribution < -0.4 is 0 Å². The van der Waals surface area contributed by atoms with E-state index in [0.717, 1.165) is 0 Å². The normalized spacial score (nSPS) is 33.6. The van der Waals surface area contributed by atoms with Crippen LogP contribution >= 0.6 is 0 Å². The standard InChI is InChI=1S/C11H22O10S/c12-3-8(16)10-5(2-7(15)11(10)17)1-6(14)9(4-13)21-22(18,19)20/h5-17H,1-4H2,(H,18,19,20)/t5-,6-,7+,8-,9-,10-,11+/m1/s1. The Labute approximate surface area is 127 Å². The molecule has 0 unspecified atom stereocenters. The summed E-state index contributed by atoms with van der Waals surface area (Å²) in [5.74, 6) is -1.58. The number of rotatable bonds is 8. The molecular weight excluding hydrogens is 324 g/mol. The molecule has 11 heteroatoms. The van der Waals surface area contributed by atoms with E-state index in [1.807, 2.05) is 0 Å². The first-order valence-electron chi connectivity index (χ1n) is 6.70. The van der Waals surface area contributed by atoms with Gasteiger partial charge in [0.1, 0.15) is 6.10 Å². The summed E-state index contributed by atoms with van der Waals surface area (Å²) in [6.07, 6.45) is -7.20. The SMILES string of the molecule is O=S(=O)(O)O[C@H](CO)[C@H](O)C[C@@H]1C[C@H](O)[C@H](O)[C@H]1[C@H](O)CO. The third-order valence-corrected chi connectivity index (χ3v) is 4.40. The summed E-state index contributed by atoms with van der Waals surface area (Å²) < 4.78 is 33.9. The van der Waals surface area contributed by atoms with Gasteiger partial charge in [-0.2, -0.15) is 8.42 Å². The van der Waals surface area contributed by atoms with Crippen LogP contribution in [0.5, 0.6) is 0 Å². The van der Waals surface area contributed by atoms with E-state index in [2.05, 4.69) is 4.18 Å². The maximum absolute atomic E-state index is 10.6. The van der Waals surface area contributed by atoms with Crippen LogP contribution in [0, 0.1) is 11.8 Å². The Balaban J connectivity index is 2.77. The van der Waals surface area contributed by atoms with Crippen LogP contribution in [-0.2, 0) is 14.6 Å². The van der Waals surface area contributed by atoms with Crippen LogP contribution in [0.25, 0.3) is 0 Å². The second kappa shape index (κ2) is 7.95. The molecule has 0 radical (unpaired) electrons. The van der Waals surface area contributed by atoms with Crippen molar-refractivity contribution in [1.29, 1.82) is 0 Å². The molecule has 7 atom stereocenters. The number of hydrogen-bond donors (Lipinski definition) is 7. The first kappa shape index (κ1) is 19.7. The van der Waals surface area contributed by atoms with Crippen molar-refractivity contribution in [2.75, 3.05) is 13.2 Å². The Bertz CT molecular complexity index is 440. The molecule has 0 saturated heterocycles. The Morgan fingerprint density at radius 1 is 1.14 bits per heavy atom. The molecule has 22 heavy (non-hydrogen) atoms. The van der Waals surface area contributed by atoms with Crippen molar-refractivity contribution < 1.29 is 47.8 Å². The fourth-order valence-corrected chi connectivity index (χ4v) is 3.39. The van der Waals surface area contributed by atoms with Gasteiger partial charge in [0.2, 0.25) is 0 Å². The summed E-state index contributed by atoms with van der Waals surface area (Å²) in [7, 11) is -4.88. The van der Waals surface area contributed by atoms with Crippen LogP contribution in [0.4, 0.5) is 0 Å². The van der Waals surface area contributed by atoms with E-state index >= 15 is 0 Å². The lowest BCUT2D eigenvalue weighted by molar-refractivity contribution is -0.0562. The van der Waals surface area contributed by atoms with Crippen LogP contribution in [0.2, 0.25) is 0 Å². The highest BCUT2D eigenvalue weighted by Crippen LogP contribution is 2.38. The minimum absolute atomic E-state index is 0.00395. The highest BCUT2D eigenvalue weighted by Gasteiger charge is 2.46. The molecule has 0 aromatic carbocycles. The smallest absolute Gasteiger partial charge is 0.394 e. The van der Waals surface area contributed by atoms with E-state index in [0.29, 0.717) is 0 Å². The topological polar surface area (TPSA) is 185 Å². The number of aliphatic hydroxyl groups is 6. The van der Waals surface area contributed by atoms with Gasteiger partial charge in [-0.1, -0.05) is 0 Å². The van der Waals surface area contributed by atoms with Crippen molar-refractivity contribution in [3.63, 3.8) is 0 Å². The van der Waals surface area contributed by atoms with Crippen LogP contribution in [0.15, 0.2) is 0 Å². The lowest BCUT2D eigenvalue weighted by atomic mass is 9.85. The van der Waals surface area contributed by atoms with Gasteiger partial charge in [-0.25, -0.2) is 4.18 Å². The Morgan fingerprint density at radius 2 is 1.73 bits per heavy atom. The first-order valence-corrected chi connectivity index (χ1v) is 8.06. The Kier molecular flexibility index (Phi) is 7.11. The van der Waals surface area contributed by atoms with Crippen molar-refractivity contribution in [2.45, 2.75) is 43.4 Å². The summed E-state index contributed by atoms with van der Waals surface area (Å²) in [5, 5.41) is 57.0. The molecule has 10 nitrogen and oxygen atoms in total. The van der Waals surface area contributed by atoms with Gasteiger partial charge in [0.15, 0.2) is 0 Å². The largest absolute Gasteiger partial charge is 0.397 e. The van der Waals surface area contributed by atoms with E-state index < -0.39 is 66.0 Å². The van der Waals surface area contributed by atoms with Gasteiger partial charge in [-0.3, -0.25) is 4.55 Å². The second-order valence-electron chi connectivity index (χ2n) is 5.43. The zero-order chi connectivity index (χ0) is 17.1. The minimum Gasteiger partial charge on any atom is -0.394 e. The van der Waals surface area contributed by atoms with Crippen molar-refractivity contribution >= 4 is 10.4 Å². The van der Waals surface area contributed by atoms with E-state index in [9.17, 15) is 28.8 Å². The van der Waals surface area contributed by atoms with Crippen LogP contribution in [0.1, 0.15) is 12.8 Å². The summed E-state index contributed by atoms with van der Waals surface area (Å²) in [6.45, 7) is -1.56. The van der Waals surface area contributed by atoms with Crippen molar-refractivity contribution in [1.82, 2.24) is 0 Å². The molecule has 1 fully saturated rings. The monoisotopic (exact) mass is 346 g/mol. The summed E-state index contributed by atoms with van der Waals surface area (Å²) in [6, 6.07) is 0. The molecule has 1 aliphatic rings. The molecule has 0 aromatic rings. The highest BCUT2D eigenvalue weighted by atomic mass is 32.3.